The number of anilines is 1. The summed E-state index contributed by atoms with van der Waals surface area (Å²) in [6.45, 7) is -1.89. The first-order valence-corrected chi connectivity index (χ1v) is 18.0. The molecular formula is C27H31N8O15P2+. The normalized spacial score (nSPS) is 27.5. The summed E-state index contributed by atoms with van der Waals surface area (Å²) in [5.41, 5.74) is 11.5. The van der Waals surface area contributed by atoms with Crippen molar-refractivity contribution in [1.82, 2.24) is 24.5 Å². The molecule has 2 aliphatic rings. The summed E-state index contributed by atoms with van der Waals surface area (Å²) in [6, 6.07) is 4.09. The fourth-order valence-electron chi connectivity index (χ4n) is 5.53. The zero-order chi connectivity index (χ0) is 37.5. The highest BCUT2D eigenvalue weighted by molar-refractivity contribution is 7.61. The molecule has 6 heterocycles. The third-order valence-electron chi connectivity index (χ3n) is 8.06. The number of carbonyl (C=O) groups excluding carboxylic acids is 2. The number of hydrogen-bond acceptors (Lipinski definition) is 18. The van der Waals surface area contributed by atoms with Gasteiger partial charge in [-0.2, -0.15) is 8.88 Å². The first kappa shape index (κ1) is 37.6. The maximum absolute atomic E-state index is 13.4. The zero-order valence-electron chi connectivity index (χ0n) is 26.3. The number of nitrogens with two attached hydrogens (primary N) is 2. The fourth-order valence-corrected chi connectivity index (χ4v) is 7.69. The second-order valence-electron chi connectivity index (χ2n) is 11.4. The van der Waals surface area contributed by atoms with Gasteiger partial charge in [-0.25, -0.2) is 24.1 Å². The number of carbonyl (C=O) groups is 2. The number of nitrogen functional groups attached to an aromatic ring is 1. The third kappa shape index (κ3) is 7.63. The Morgan fingerprint density at radius 2 is 1.56 bits per heavy atom. The molecule has 9 atom stereocenters. The van der Waals surface area contributed by atoms with E-state index in [2.05, 4.69) is 24.2 Å². The molecule has 0 saturated carbocycles. The number of imidazole rings is 1. The van der Waals surface area contributed by atoms with E-state index in [0.717, 1.165) is 17.1 Å². The van der Waals surface area contributed by atoms with E-state index in [1.807, 2.05) is 0 Å². The van der Waals surface area contributed by atoms with Crippen molar-refractivity contribution in [2.24, 2.45) is 5.73 Å². The molecule has 0 radical (unpaired) electrons. The maximum Gasteiger partial charge on any atom is 0.483 e. The van der Waals surface area contributed by atoms with Crippen LogP contribution in [0.2, 0.25) is 0 Å². The molecule has 2 fully saturated rings. The van der Waals surface area contributed by atoms with Crippen molar-refractivity contribution in [3.05, 3.63) is 72.3 Å². The number of aliphatic hydroxyl groups is 4. The van der Waals surface area contributed by atoms with Crippen LogP contribution in [0, 0.1) is 0 Å². The third-order valence-corrected chi connectivity index (χ3v) is 10.6. The van der Waals surface area contributed by atoms with Crippen molar-refractivity contribution in [1.29, 1.82) is 0 Å². The number of aromatic nitrogens is 6. The SMILES string of the molecule is NC(=O)c1c[n+](C2OC(COP(=O)(OCC3OC(n4cnc5c(N)ncnc54)C(O)C3O)OP(=O)(O)O)C(O)C2O)ccc1C(=O)c1ccncc1. The van der Waals surface area contributed by atoms with Gasteiger partial charge in [-0.15, -0.1) is 0 Å². The van der Waals surface area contributed by atoms with Gasteiger partial charge < -0.3 is 51.2 Å². The number of amides is 1. The highest BCUT2D eigenvalue weighted by Crippen LogP contribution is 2.61. The van der Waals surface area contributed by atoms with Crippen molar-refractivity contribution in [2.75, 3.05) is 18.9 Å². The molecule has 0 aromatic carbocycles. The summed E-state index contributed by atoms with van der Waals surface area (Å²) in [6.07, 6.45) is -5.22. The van der Waals surface area contributed by atoms with Gasteiger partial charge in [0.25, 0.3) is 12.1 Å². The zero-order valence-corrected chi connectivity index (χ0v) is 28.1. The van der Waals surface area contributed by atoms with Gasteiger partial charge in [-0.05, 0) is 12.1 Å². The van der Waals surface area contributed by atoms with Crippen LogP contribution in [0.25, 0.3) is 11.2 Å². The van der Waals surface area contributed by atoms with Crippen LogP contribution < -0.4 is 16.0 Å². The predicted octanol–water partition coefficient (Wildman–Crippen LogP) is -2.39. The van der Waals surface area contributed by atoms with Crippen LogP contribution in [0.15, 0.2) is 55.6 Å². The van der Waals surface area contributed by atoms with E-state index in [1.165, 1.54) is 47.7 Å². The molecule has 1 amide bonds. The Balaban J connectivity index is 1.14. The van der Waals surface area contributed by atoms with E-state index in [1.54, 1.807) is 0 Å². The standard InChI is InChI=1S/C27H30N8O15P2/c28-23-17-25(32-10-31-23)35(11-33-17)27-22(40)20(38)16(49-27)9-47-52(45,50-51(42,43)44)46-8-15-19(37)21(39)26(48-15)34-6-3-13(14(7-34)24(29)41)18(36)12-1-4-30-5-2-12/h1-7,10-11,15-16,19-22,26-27,37-40H,8-9H2,(H5-,28,29,31,32,41,42,43,44)/p+1. The molecule has 0 spiro atoms. The van der Waals surface area contributed by atoms with Gasteiger partial charge in [-0.3, -0.25) is 28.2 Å². The number of phosphoric acid groups is 2. The van der Waals surface area contributed by atoms with Crippen LogP contribution in [0.4, 0.5) is 5.82 Å². The maximum atomic E-state index is 13.4. The average Bonchev–Trinajstić information content (AvgIpc) is 3.75. The Morgan fingerprint density at radius 1 is 0.904 bits per heavy atom. The van der Waals surface area contributed by atoms with Crippen molar-refractivity contribution >= 4 is 44.3 Å². The molecule has 25 heteroatoms. The first-order valence-electron chi connectivity index (χ1n) is 15.0. The van der Waals surface area contributed by atoms with Gasteiger partial charge in [0.05, 0.1) is 19.5 Å². The molecular weight excluding hydrogens is 738 g/mol. The molecule has 278 valence electrons. The van der Waals surface area contributed by atoms with E-state index >= 15 is 0 Å². The number of hydrogen-bond donors (Lipinski definition) is 8. The number of ether oxygens (including phenoxy) is 2. The Kier molecular flexibility index (Phi) is 10.6. The van der Waals surface area contributed by atoms with Crippen LogP contribution in [0.5, 0.6) is 0 Å². The lowest BCUT2D eigenvalue weighted by Crippen LogP contribution is -2.47. The summed E-state index contributed by atoms with van der Waals surface area (Å²) in [4.78, 5) is 59.9. The quantitative estimate of drug-likeness (QED) is 0.0399. The molecule has 6 rings (SSSR count). The average molecular weight is 770 g/mol. The number of aliphatic hydroxyl groups excluding tert-OH is 4. The fraction of sp³-hybridized carbons (Fsp3) is 0.370. The second-order valence-corrected chi connectivity index (χ2v) is 14.5. The lowest BCUT2D eigenvalue weighted by molar-refractivity contribution is -0.765. The van der Waals surface area contributed by atoms with Crippen molar-refractivity contribution in [2.45, 2.75) is 49.1 Å². The summed E-state index contributed by atoms with van der Waals surface area (Å²) in [5.74, 6) is -1.53. The Labute approximate surface area is 291 Å². The molecule has 52 heavy (non-hydrogen) atoms. The molecule has 23 nitrogen and oxygen atoms in total. The number of nitrogens with zero attached hydrogens (tertiary/aromatic N) is 6. The van der Waals surface area contributed by atoms with E-state index in [4.69, 9.17) is 30.0 Å². The van der Waals surface area contributed by atoms with Gasteiger partial charge in [0, 0.05) is 29.6 Å². The van der Waals surface area contributed by atoms with Crippen molar-refractivity contribution in [3.63, 3.8) is 0 Å². The molecule has 4 aromatic rings. The number of phosphoric ester groups is 1. The van der Waals surface area contributed by atoms with Crippen LogP contribution >= 0.6 is 15.6 Å². The predicted molar refractivity (Wildman–Crippen MR) is 167 cm³/mol. The molecule has 10 N–H and O–H groups in total. The molecule has 0 aliphatic carbocycles. The van der Waals surface area contributed by atoms with Crippen molar-refractivity contribution in [3.8, 4) is 0 Å². The summed E-state index contributed by atoms with van der Waals surface area (Å²) in [5, 5.41) is 42.8. The van der Waals surface area contributed by atoms with Crippen LogP contribution in [-0.4, -0.2) is 116 Å². The topological polar surface area (TPSA) is 348 Å². The van der Waals surface area contributed by atoms with Gasteiger partial charge in [0.1, 0.15) is 47.9 Å². The van der Waals surface area contributed by atoms with E-state index in [9.17, 15) is 48.9 Å². The minimum atomic E-state index is -5.59. The monoisotopic (exact) mass is 769 g/mol. The smallest absolute Gasteiger partial charge is 0.387 e. The summed E-state index contributed by atoms with van der Waals surface area (Å²) in [7, 11) is -10.9. The summed E-state index contributed by atoms with van der Waals surface area (Å²) < 4.78 is 53.3. The van der Waals surface area contributed by atoms with E-state index < -0.39 is 89.6 Å². The number of fused-ring (bicyclic) bond motifs is 1. The van der Waals surface area contributed by atoms with Gasteiger partial charge in [0.2, 0.25) is 0 Å². The lowest BCUT2D eigenvalue weighted by atomic mass is 10.0. The Hall–Kier alpha value is -4.19. The minimum absolute atomic E-state index is 0.0277. The number of rotatable bonds is 13. The number of primary amides is 1. The van der Waals surface area contributed by atoms with Crippen LogP contribution in [0.1, 0.15) is 38.7 Å². The summed E-state index contributed by atoms with van der Waals surface area (Å²) >= 11 is 0. The largest absolute Gasteiger partial charge is 0.483 e. The van der Waals surface area contributed by atoms with Gasteiger partial charge >= 0.3 is 15.6 Å². The van der Waals surface area contributed by atoms with Crippen molar-refractivity contribution < 1.29 is 76.3 Å². The number of ketones is 1. The first-order chi connectivity index (χ1) is 24.6. The number of pyridine rings is 2. The molecule has 2 aliphatic heterocycles. The Bertz CT molecular complexity index is 2070. The molecule has 4 aromatic heterocycles. The van der Waals surface area contributed by atoms with Gasteiger partial charge in [0.15, 0.2) is 42.0 Å². The highest BCUT2D eigenvalue weighted by atomic mass is 31.3. The highest BCUT2D eigenvalue weighted by Gasteiger charge is 2.51. The van der Waals surface area contributed by atoms with E-state index in [0.29, 0.717) is 0 Å². The van der Waals surface area contributed by atoms with Crippen LogP contribution in [-0.2, 0) is 32.0 Å². The molecule has 2 saturated heterocycles. The van der Waals surface area contributed by atoms with Crippen LogP contribution in [0.3, 0.4) is 0 Å². The Morgan fingerprint density at radius 3 is 2.21 bits per heavy atom. The van der Waals surface area contributed by atoms with Gasteiger partial charge in [-0.1, -0.05) is 0 Å². The molecule has 0 bridgehead atoms. The second kappa shape index (κ2) is 14.7. The van der Waals surface area contributed by atoms with E-state index in [-0.39, 0.29) is 33.7 Å². The minimum Gasteiger partial charge on any atom is -0.387 e. The lowest BCUT2D eigenvalue weighted by Gasteiger charge is -2.22. The molecule has 9 unspecified atom stereocenters.